The zero-order valence-electron chi connectivity index (χ0n) is 11.6. The summed E-state index contributed by atoms with van der Waals surface area (Å²) in [4.78, 5) is 6.91. The average Bonchev–Trinajstić information content (AvgIpc) is 3.21. The van der Waals surface area contributed by atoms with Crippen molar-refractivity contribution in [2.45, 2.75) is 51.7 Å². The minimum atomic E-state index is 0.614. The molecule has 1 atom stereocenters. The Bertz CT molecular complexity index is 335. The van der Waals surface area contributed by atoms with E-state index in [0.29, 0.717) is 6.04 Å². The quantitative estimate of drug-likeness (QED) is 0.765. The second-order valence-corrected chi connectivity index (χ2v) is 5.25. The maximum absolute atomic E-state index is 4.41. The molecular weight excluding hydrogens is 222 g/mol. The van der Waals surface area contributed by atoms with Crippen LogP contribution in [0.3, 0.4) is 0 Å². The van der Waals surface area contributed by atoms with Gasteiger partial charge in [0.15, 0.2) is 0 Å². The van der Waals surface area contributed by atoms with E-state index in [1.165, 1.54) is 25.0 Å². The van der Waals surface area contributed by atoms with E-state index in [0.717, 1.165) is 25.7 Å². The van der Waals surface area contributed by atoms with Crippen LogP contribution in [-0.2, 0) is 6.54 Å². The Kier molecular flexibility index (Phi) is 5.14. The van der Waals surface area contributed by atoms with Gasteiger partial charge < -0.3 is 5.32 Å². The van der Waals surface area contributed by atoms with Crippen molar-refractivity contribution in [2.75, 3.05) is 13.1 Å². The number of nitrogens with one attached hydrogen (secondary N) is 1. The van der Waals surface area contributed by atoms with Gasteiger partial charge in [0.05, 0.1) is 5.69 Å². The first kappa shape index (κ1) is 13.5. The minimum absolute atomic E-state index is 0.614. The van der Waals surface area contributed by atoms with E-state index in [1.807, 2.05) is 12.3 Å². The minimum Gasteiger partial charge on any atom is -0.314 e. The van der Waals surface area contributed by atoms with E-state index < -0.39 is 0 Å². The lowest BCUT2D eigenvalue weighted by Gasteiger charge is -2.27. The molecule has 0 spiro atoms. The van der Waals surface area contributed by atoms with Crippen molar-refractivity contribution in [1.82, 2.24) is 15.2 Å². The van der Waals surface area contributed by atoms with Crippen LogP contribution in [0.25, 0.3) is 0 Å². The van der Waals surface area contributed by atoms with E-state index in [4.69, 9.17) is 0 Å². The summed E-state index contributed by atoms with van der Waals surface area (Å²) >= 11 is 0. The number of hydrogen-bond donors (Lipinski definition) is 1. The summed E-state index contributed by atoms with van der Waals surface area (Å²) in [5.74, 6) is 0. The van der Waals surface area contributed by atoms with Crippen molar-refractivity contribution in [3.8, 4) is 0 Å². The Labute approximate surface area is 111 Å². The second kappa shape index (κ2) is 6.86. The van der Waals surface area contributed by atoms with Crippen molar-refractivity contribution < 1.29 is 0 Å². The summed E-state index contributed by atoms with van der Waals surface area (Å²) in [6.45, 7) is 7.74. The van der Waals surface area contributed by atoms with Gasteiger partial charge in [-0.2, -0.15) is 0 Å². The monoisotopic (exact) mass is 247 g/mol. The molecule has 18 heavy (non-hydrogen) atoms. The van der Waals surface area contributed by atoms with E-state index in [-0.39, 0.29) is 0 Å². The molecular formula is C15H25N3. The van der Waals surface area contributed by atoms with Crippen molar-refractivity contribution in [2.24, 2.45) is 0 Å². The zero-order valence-corrected chi connectivity index (χ0v) is 11.6. The lowest BCUT2D eigenvalue weighted by Crippen LogP contribution is -2.35. The van der Waals surface area contributed by atoms with Crippen LogP contribution >= 0.6 is 0 Å². The summed E-state index contributed by atoms with van der Waals surface area (Å²) in [5, 5.41) is 3.59. The van der Waals surface area contributed by atoms with Crippen molar-refractivity contribution in [3.05, 3.63) is 30.1 Å². The number of aromatic nitrogens is 1. The first-order chi connectivity index (χ1) is 8.79. The molecule has 0 aliphatic heterocycles. The molecule has 1 fully saturated rings. The lowest BCUT2D eigenvalue weighted by atomic mass is 10.2. The molecule has 100 valence electrons. The van der Waals surface area contributed by atoms with Crippen molar-refractivity contribution in [1.29, 1.82) is 0 Å². The average molecular weight is 247 g/mol. The Morgan fingerprint density at radius 3 is 2.89 bits per heavy atom. The number of nitrogens with zero attached hydrogens (tertiary/aromatic N) is 2. The van der Waals surface area contributed by atoms with Crippen LogP contribution in [0, 0.1) is 0 Å². The molecule has 0 saturated heterocycles. The summed E-state index contributed by atoms with van der Waals surface area (Å²) in [6, 6.07) is 7.59. The van der Waals surface area contributed by atoms with E-state index in [1.54, 1.807) is 0 Å². The zero-order chi connectivity index (χ0) is 12.8. The smallest absolute Gasteiger partial charge is 0.0544 e. The second-order valence-electron chi connectivity index (χ2n) is 5.25. The molecule has 1 aliphatic rings. The third-order valence-electron chi connectivity index (χ3n) is 3.69. The van der Waals surface area contributed by atoms with Crippen molar-refractivity contribution >= 4 is 0 Å². The summed E-state index contributed by atoms with van der Waals surface area (Å²) < 4.78 is 0. The van der Waals surface area contributed by atoms with E-state index in [9.17, 15) is 0 Å². The molecule has 3 heteroatoms. The summed E-state index contributed by atoms with van der Waals surface area (Å²) in [6.07, 6.45) is 5.85. The molecule has 1 unspecified atom stereocenters. The molecule has 1 N–H and O–H groups in total. The highest BCUT2D eigenvalue weighted by Gasteiger charge is 2.20. The van der Waals surface area contributed by atoms with Crippen LogP contribution in [-0.4, -0.2) is 35.1 Å². The Balaban J connectivity index is 1.75. The fraction of sp³-hybridized carbons (Fsp3) is 0.667. The molecule has 0 amide bonds. The molecule has 0 bridgehead atoms. The predicted octanol–water partition coefficient (Wildman–Crippen LogP) is 2.43. The van der Waals surface area contributed by atoms with Crippen LogP contribution in [0.4, 0.5) is 0 Å². The van der Waals surface area contributed by atoms with Crippen LogP contribution in [0.1, 0.15) is 38.8 Å². The highest BCUT2D eigenvalue weighted by molar-refractivity contribution is 5.03. The van der Waals surface area contributed by atoms with Gasteiger partial charge in [0.25, 0.3) is 0 Å². The maximum atomic E-state index is 4.41. The van der Waals surface area contributed by atoms with Gasteiger partial charge in [0.1, 0.15) is 0 Å². The molecule has 0 aromatic carbocycles. The van der Waals surface area contributed by atoms with Gasteiger partial charge in [0, 0.05) is 24.8 Å². The maximum Gasteiger partial charge on any atom is 0.0544 e. The number of hydrogen-bond acceptors (Lipinski definition) is 3. The Morgan fingerprint density at radius 2 is 2.28 bits per heavy atom. The Morgan fingerprint density at radius 1 is 1.44 bits per heavy atom. The van der Waals surface area contributed by atoms with Gasteiger partial charge in [-0.3, -0.25) is 9.88 Å². The van der Waals surface area contributed by atoms with Gasteiger partial charge in [-0.05, 0) is 51.4 Å². The number of pyridine rings is 1. The van der Waals surface area contributed by atoms with Crippen molar-refractivity contribution in [3.63, 3.8) is 0 Å². The third-order valence-corrected chi connectivity index (χ3v) is 3.69. The van der Waals surface area contributed by atoms with Crippen LogP contribution in [0.5, 0.6) is 0 Å². The SMILES string of the molecule is CCN(Cc1ccccn1)C(C)CCNC1CC1. The normalized spacial score (nSPS) is 17.1. The first-order valence-electron chi connectivity index (χ1n) is 7.17. The third kappa shape index (κ3) is 4.39. The van der Waals surface area contributed by atoms with Gasteiger partial charge in [-0.15, -0.1) is 0 Å². The van der Waals surface area contributed by atoms with Gasteiger partial charge in [-0.25, -0.2) is 0 Å². The molecule has 3 nitrogen and oxygen atoms in total. The fourth-order valence-corrected chi connectivity index (χ4v) is 2.25. The molecule has 1 aromatic heterocycles. The highest BCUT2D eigenvalue weighted by atomic mass is 15.2. The molecule has 1 aliphatic carbocycles. The van der Waals surface area contributed by atoms with Crippen LogP contribution in [0.15, 0.2) is 24.4 Å². The van der Waals surface area contributed by atoms with Gasteiger partial charge >= 0.3 is 0 Å². The van der Waals surface area contributed by atoms with Crippen LogP contribution in [0.2, 0.25) is 0 Å². The standard InChI is InChI=1S/C15H25N3/c1-3-18(12-15-6-4-5-10-16-15)13(2)9-11-17-14-7-8-14/h4-6,10,13-14,17H,3,7-9,11-12H2,1-2H3. The Hall–Kier alpha value is -0.930. The molecule has 0 radical (unpaired) electrons. The van der Waals surface area contributed by atoms with Gasteiger partial charge in [-0.1, -0.05) is 13.0 Å². The van der Waals surface area contributed by atoms with Gasteiger partial charge in [0.2, 0.25) is 0 Å². The molecule has 2 rings (SSSR count). The van der Waals surface area contributed by atoms with E-state index in [2.05, 4.69) is 41.2 Å². The highest BCUT2D eigenvalue weighted by Crippen LogP contribution is 2.18. The largest absolute Gasteiger partial charge is 0.314 e. The van der Waals surface area contributed by atoms with Crippen LogP contribution < -0.4 is 5.32 Å². The summed E-state index contributed by atoms with van der Waals surface area (Å²) in [5.41, 5.74) is 1.17. The molecule has 1 saturated carbocycles. The topological polar surface area (TPSA) is 28.2 Å². The summed E-state index contributed by atoms with van der Waals surface area (Å²) in [7, 11) is 0. The molecule has 1 aromatic rings. The fourth-order valence-electron chi connectivity index (χ4n) is 2.25. The number of rotatable bonds is 8. The predicted molar refractivity (Wildman–Crippen MR) is 75.4 cm³/mol. The first-order valence-corrected chi connectivity index (χ1v) is 7.17. The van der Waals surface area contributed by atoms with E-state index >= 15 is 0 Å². The lowest BCUT2D eigenvalue weighted by molar-refractivity contribution is 0.198. The molecule has 1 heterocycles.